The standard InChI is InChI=1S/C26H24F3N3O4/c27-26(28,29)36-20-9-8-15(11-22(20)34-19-5-1-2-6-19)18-10-17(25(33)31-14-18)12-23-32-24-16(13-30)4-3-7-21(24)35-23/h3-4,7-9,11,17-19H,1-2,5-6,10,12,14H2,(H,31,33)/t17-,18+/m0/s1. The van der Waals surface area contributed by atoms with Gasteiger partial charge in [-0.3, -0.25) is 4.79 Å². The van der Waals surface area contributed by atoms with Crippen LogP contribution >= 0.6 is 0 Å². The number of hydrogen-bond donors (Lipinski definition) is 1. The van der Waals surface area contributed by atoms with Gasteiger partial charge in [0, 0.05) is 24.8 Å². The Morgan fingerprint density at radius 3 is 2.72 bits per heavy atom. The summed E-state index contributed by atoms with van der Waals surface area (Å²) in [4.78, 5) is 17.0. The zero-order chi connectivity index (χ0) is 25.3. The second-order valence-electron chi connectivity index (χ2n) is 9.23. The highest BCUT2D eigenvalue weighted by Gasteiger charge is 2.35. The number of nitrogens with zero attached hydrogens (tertiary/aromatic N) is 2. The molecule has 3 aromatic rings. The third-order valence-electron chi connectivity index (χ3n) is 6.73. The normalized spacial score (nSPS) is 20.8. The molecule has 2 aliphatic rings. The summed E-state index contributed by atoms with van der Waals surface area (Å²) in [6.07, 6.45) is -0.758. The first-order chi connectivity index (χ1) is 17.3. The van der Waals surface area contributed by atoms with E-state index in [1.165, 1.54) is 6.07 Å². The zero-order valence-corrected chi connectivity index (χ0v) is 19.3. The first-order valence-corrected chi connectivity index (χ1v) is 11.9. The summed E-state index contributed by atoms with van der Waals surface area (Å²) in [7, 11) is 0. The lowest BCUT2D eigenvalue weighted by Crippen LogP contribution is -2.41. The maximum atomic E-state index is 13.0. The number of amides is 1. The molecule has 2 fully saturated rings. The van der Waals surface area contributed by atoms with Gasteiger partial charge in [0.25, 0.3) is 0 Å². The molecule has 1 N–H and O–H groups in total. The predicted octanol–water partition coefficient (Wildman–Crippen LogP) is 5.38. The third kappa shape index (κ3) is 5.25. The molecule has 10 heteroatoms. The number of benzene rings is 2. The van der Waals surface area contributed by atoms with E-state index in [4.69, 9.17) is 9.15 Å². The van der Waals surface area contributed by atoms with E-state index in [2.05, 4.69) is 21.1 Å². The van der Waals surface area contributed by atoms with Gasteiger partial charge in [0.2, 0.25) is 5.91 Å². The van der Waals surface area contributed by atoms with Crippen LogP contribution in [0.25, 0.3) is 11.1 Å². The fourth-order valence-corrected chi connectivity index (χ4v) is 4.98. The summed E-state index contributed by atoms with van der Waals surface area (Å²) in [5, 5.41) is 12.2. The van der Waals surface area contributed by atoms with Gasteiger partial charge >= 0.3 is 6.36 Å². The van der Waals surface area contributed by atoms with E-state index in [1.807, 2.05) is 0 Å². The first-order valence-electron chi connectivity index (χ1n) is 11.9. The molecule has 1 saturated carbocycles. The van der Waals surface area contributed by atoms with Crippen molar-refractivity contribution in [2.75, 3.05) is 6.54 Å². The van der Waals surface area contributed by atoms with E-state index in [0.717, 1.165) is 31.2 Å². The number of carbonyl (C=O) groups is 1. The number of oxazole rings is 1. The molecule has 36 heavy (non-hydrogen) atoms. The average molecular weight is 499 g/mol. The van der Waals surface area contributed by atoms with E-state index in [0.29, 0.717) is 35.5 Å². The Kier molecular flexibility index (Phi) is 6.48. The molecule has 1 amide bonds. The first kappa shape index (κ1) is 24.0. The average Bonchev–Trinajstić information content (AvgIpc) is 3.50. The van der Waals surface area contributed by atoms with E-state index in [9.17, 15) is 23.2 Å². The number of carbonyl (C=O) groups excluding carboxylic acids is 1. The van der Waals surface area contributed by atoms with Crippen molar-refractivity contribution in [2.45, 2.75) is 56.9 Å². The summed E-state index contributed by atoms with van der Waals surface area (Å²) >= 11 is 0. The van der Waals surface area contributed by atoms with E-state index in [-0.39, 0.29) is 35.8 Å². The molecule has 1 aromatic heterocycles. The van der Waals surface area contributed by atoms with Crippen molar-refractivity contribution < 1.29 is 31.9 Å². The Morgan fingerprint density at radius 2 is 1.97 bits per heavy atom. The van der Waals surface area contributed by atoms with Crippen molar-refractivity contribution in [2.24, 2.45) is 5.92 Å². The van der Waals surface area contributed by atoms with Crippen LogP contribution in [-0.4, -0.2) is 29.9 Å². The van der Waals surface area contributed by atoms with Gasteiger partial charge in [0.05, 0.1) is 11.7 Å². The predicted molar refractivity (Wildman–Crippen MR) is 122 cm³/mol. The van der Waals surface area contributed by atoms with Crippen LogP contribution < -0.4 is 14.8 Å². The van der Waals surface area contributed by atoms with Crippen LogP contribution in [0.4, 0.5) is 13.2 Å². The summed E-state index contributed by atoms with van der Waals surface area (Å²) in [6.45, 7) is 0.351. The van der Waals surface area contributed by atoms with Gasteiger partial charge in [0.15, 0.2) is 23.0 Å². The highest BCUT2D eigenvalue weighted by Crippen LogP contribution is 2.39. The molecule has 2 heterocycles. The van der Waals surface area contributed by atoms with Crippen molar-refractivity contribution in [3.05, 3.63) is 53.4 Å². The Balaban J connectivity index is 1.36. The number of hydrogen-bond acceptors (Lipinski definition) is 6. The summed E-state index contributed by atoms with van der Waals surface area (Å²) in [5.41, 5.74) is 2.08. The lowest BCUT2D eigenvalue weighted by molar-refractivity contribution is -0.275. The SMILES string of the molecule is N#Cc1cccc2oc(C[C@@H]3C[C@@H](c4ccc(OC(F)(F)F)c(OC5CCCC5)c4)CNC3=O)nc12. The Labute approximate surface area is 205 Å². The van der Waals surface area contributed by atoms with Crippen molar-refractivity contribution in [3.8, 4) is 17.6 Å². The molecular formula is C26H24F3N3O4. The highest BCUT2D eigenvalue weighted by atomic mass is 19.4. The molecule has 0 bridgehead atoms. The van der Waals surface area contributed by atoms with Gasteiger partial charge in [-0.05, 0) is 61.9 Å². The number of nitriles is 1. The third-order valence-corrected chi connectivity index (χ3v) is 6.73. The van der Waals surface area contributed by atoms with Gasteiger partial charge in [-0.25, -0.2) is 4.98 Å². The molecular weight excluding hydrogens is 475 g/mol. The molecule has 2 atom stereocenters. The number of fused-ring (bicyclic) bond motifs is 1. The lowest BCUT2D eigenvalue weighted by Gasteiger charge is -2.29. The van der Waals surface area contributed by atoms with Gasteiger partial charge < -0.3 is 19.2 Å². The lowest BCUT2D eigenvalue weighted by atomic mass is 9.83. The summed E-state index contributed by atoms with van der Waals surface area (Å²) in [5.74, 6) is -0.686. The zero-order valence-electron chi connectivity index (χ0n) is 19.3. The van der Waals surface area contributed by atoms with Crippen LogP contribution in [0.1, 0.15) is 55.0 Å². The van der Waals surface area contributed by atoms with Gasteiger partial charge in [-0.1, -0.05) is 12.1 Å². The minimum absolute atomic E-state index is 0.0631. The number of aromatic nitrogens is 1. The molecule has 188 valence electrons. The minimum atomic E-state index is -4.83. The largest absolute Gasteiger partial charge is 0.573 e. The molecule has 7 nitrogen and oxygen atoms in total. The molecule has 1 aliphatic heterocycles. The number of alkyl halides is 3. The van der Waals surface area contributed by atoms with Crippen molar-refractivity contribution in [1.29, 1.82) is 5.26 Å². The van der Waals surface area contributed by atoms with Gasteiger partial charge in [0.1, 0.15) is 11.6 Å². The molecule has 0 spiro atoms. The van der Waals surface area contributed by atoms with Crippen LogP contribution in [0.15, 0.2) is 40.8 Å². The number of para-hydroxylation sites is 1. The molecule has 0 radical (unpaired) electrons. The van der Waals surface area contributed by atoms with Crippen LogP contribution in [-0.2, 0) is 11.2 Å². The topological polar surface area (TPSA) is 97.4 Å². The summed E-state index contributed by atoms with van der Waals surface area (Å²) in [6, 6.07) is 11.6. The van der Waals surface area contributed by atoms with Gasteiger partial charge in [-0.15, -0.1) is 13.2 Å². The van der Waals surface area contributed by atoms with Crippen LogP contribution in [0, 0.1) is 17.2 Å². The smallest absolute Gasteiger partial charge is 0.487 e. The Hall–Kier alpha value is -3.74. The van der Waals surface area contributed by atoms with Crippen LogP contribution in [0.2, 0.25) is 0 Å². The summed E-state index contributed by atoms with van der Waals surface area (Å²) < 4.78 is 54.8. The number of piperidine rings is 1. The van der Waals surface area contributed by atoms with Crippen LogP contribution in [0.3, 0.4) is 0 Å². The Morgan fingerprint density at radius 1 is 1.17 bits per heavy atom. The second-order valence-corrected chi connectivity index (χ2v) is 9.23. The van der Waals surface area contributed by atoms with E-state index >= 15 is 0 Å². The number of halogens is 3. The second kappa shape index (κ2) is 9.72. The number of ether oxygens (including phenoxy) is 2. The molecule has 1 aliphatic carbocycles. The highest BCUT2D eigenvalue weighted by molar-refractivity contribution is 5.81. The van der Waals surface area contributed by atoms with Crippen LogP contribution in [0.5, 0.6) is 11.5 Å². The fourth-order valence-electron chi connectivity index (χ4n) is 4.98. The quantitative estimate of drug-likeness (QED) is 0.489. The number of nitrogens with one attached hydrogen (secondary N) is 1. The fraction of sp³-hybridized carbons (Fsp3) is 0.423. The van der Waals surface area contributed by atoms with E-state index < -0.39 is 12.3 Å². The van der Waals surface area contributed by atoms with Gasteiger partial charge in [-0.2, -0.15) is 5.26 Å². The maximum absolute atomic E-state index is 13.0. The maximum Gasteiger partial charge on any atom is 0.573 e. The van der Waals surface area contributed by atoms with Crippen molar-refractivity contribution in [3.63, 3.8) is 0 Å². The molecule has 5 rings (SSSR count). The monoisotopic (exact) mass is 499 g/mol. The molecule has 1 saturated heterocycles. The van der Waals surface area contributed by atoms with Crippen molar-refractivity contribution >= 4 is 17.0 Å². The minimum Gasteiger partial charge on any atom is -0.487 e. The number of rotatable bonds is 6. The molecule has 2 aromatic carbocycles. The van der Waals surface area contributed by atoms with E-state index in [1.54, 1.807) is 30.3 Å². The molecule has 0 unspecified atom stereocenters. The van der Waals surface area contributed by atoms with Crippen molar-refractivity contribution in [1.82, 2.24) is 10.3 Å². The Bertz CT molecular complexity index is 1310.